The molecule has 4 rings (SSSR count). The SMILES string of the molecule is O=C(Nc1ccc(Oc2ccccc2)cc1)c1cccc2nccn12. The van der Waals surface area contributed by atoms with Gasteiger partial charge in [-0.15, -0.1) is 0 Å². The zero-order valence-electron chi connectivity index (χ0n) is 13.3. The maximum absolute atomic E-state index is 12.5. The van der Waals surface area contributed by atoms with Crippen LogP contribution in [0.4, 0.5) is 5.69 Å². The van der Waals surface area contributed by atoms with Gasteiger partial charge < -0.3 is 10.1 Å². The maximum atomic E-state index is 12.5. The molecule has 0 aliphatic rings. The van der Waals surface area contributed by atoms with E-state index < -0.39 is 0 Å². The monoisotopic (exact) mass is 329 g/mol. The maximum Gasteiger partial charge on any atom is 0.272 e. The molecule has 2 heterocycles. The van der Waals surface area contributed by atoms with Crippen molar-refractivity contribution >= 4 is 17.2 Å². The summed E-state index contributed by atoms with van der Waals surface area (Å²) in [6, 6.07) is 22.2. The number of hydrogen-bond acceptors (Lipinski definition) is 3. The van der Waals surface area contributed by atoms with Gasteiger partial charge in [-0.2, -0.15) is 0 Å². The molecule has 0 atom stereocenters. The molecule has 0 fully saturated rings. The lowest BCUT2D eigenvalue weighted by atomic mass is 10.2. The van der Waals surface area contributed by atoms with E-state index in [1.165, 1.54) is 0 Å². The summed E-state index contributed by atoms with van der Waals surface area (Å²) < 4.78 is 7.50. The number of anilines is 1. The summed E-state index contributed by atoms with van der Waals surface area (Å²) in [5.41, 5.74) is 1.96. The fourth-order valence-electron chi connectivity index (χ4n) is 2.56. The topological polar surface area (TPSA) is 55.6 Å². The molecule has 1 N–H and O–H groups in total. The molecule has 4 aromatic rings. The Bertz CT molecular complexity index is 1010. The van der Waals surface area contributed by atoms with Crippen molar-refractivity contribution in [1.82, 2.24) is 9.38 Å². The number of amides is 1. The Kier molecular flexibility index (Phi) is 3.88. The second kappa shape index (κ2) is 6.49. The lowest BCUT2D eigenvalue weighted by molar-refractivity contribution is 0.102. The van der Waals surface area contributed by atoms with Crippen LogP contribution in [0.15, 0.2) is 85.2 Å². The van der Waals surface area contributed by atoms with E-state index in [4.69, 9.17) is 4.74 Å². The van der Waals surface area contributed by atoms with E-state index in [-0.39, 0.29) is 5.91 Å². The summed E-state index contributed by atoms with van der Waals surface area (Å²) in [6.07, 6.45) is 3.43. The first kappa shape index (κ1) is 15.0. The molecule has 122 valence electrons. The van der Waals surface area contributed by atoms with Gasteiger partial charge in [0.1, 0.15) is 22.8 Å². The number of nitrogens with one attached hydrogen (secondary N) is 1. The van der Waals surface area contributed by atoms with Gasteiger partial charge in [0, 0.05) is 18.1 Å². The zero-order chi connectivity index (χ0) is 17.1. The van der Waals surface area contributed by atoms with Gasteiger partial charge in [-0.1, -0.05) is 24.3 Å². The van der Waals surface area contributed by atoms with Crippen molar-refractivity contribution < 1.29 is 9.53 Å². The molecule has 2 aromatic carbocycles. The predicted molar refractivity (Wildman–Crippen MR) is 96.1 cm³/mol. The highest BCUT2D eigenvalue weighted by molar-refractivity contribution is 6.03. The molecular formula is C20H15N3O2. The van der Waals surface area contributed by atoms with E-state index in [1.807, 2.05) is 66.7 Å². The van der Waals surface area contributed by atoms with Crippen molar-refractivity contribution in [3.05, 3.63) is 90.9 Å². The average molecular weight is 329 g/mol. The Morgan fingerprint density at radius 1 is 0.880 bits per heavy atom. The van der Waals surface area contributed by atoms with Crippen molar-refractivity contribution in [2.75, 3.05) is 5.32 Å². The summed E-state index contributed by atoms with van der Waals surface area (Å²) >= 11 is 0. The van der Waals surface area contributed by atoms with Gasteiger partial charge in [0.05, 0.1) is 0 Å². The Labute approximate surface area is 144 Å². The Morgan fingerprint density at radius 3 is 2.44 bits per heavy atom. The number of carbonyl (C=O) groups is 1. The molecule has 0 bridgehead atoms. The van der Waals surface area contributed by atoms with Crippen LogP contribution in [0.1, 0.15) is 10.5 Å². The summed E-state index contributed by atoms with van der Waals surface area (Å²) in [5, 5.41) is 2.89. The van der Waals surface area contributed by atoms with Gasteiger partial charge in [0.15, 0.2) is 0 Å². The first-order valence-corrected chi connectivity index (χ1v) is 7.86. The molecule has 0 radical (unpaired) electrons. The smallest absolute Gasteiger partial charge is 0.272 e. The van der Waals surface area contributed by atoms with Gasteiger partial charge in [0.25, 0.3) is 5.91 Å². The Hall–Kier alpha value is -3.60. The van der Waals surface area contributed by atoms with Crippen molar-refractivity contribution in [3.63, 3.8) is 0 Å². The summed E-state index contributed by atoms with van der Waals surface area (Å²) in [6.45, 7) is 0. The predicted octanol–water partition coefficient (Wildman–Crippen LogP) is 4.38. The normalized spacial score (nSPS) is 10.6. The lowest BCUT2D eigenvalue weighted by Gasteiger charge is -2.09. The quantitative estimate of drug-likeness (QED) is 0.604. The number of para-hydroxylation sites is 1. The van der Waals surface area contributed by atoms with Crippen LogP contribution in [0.5, 0.6) is 11.5 Å². The third-order valence-corrected chi connectivity index (χ3v) is 3.75. The number of ether oxygens (including phenoxy) is 1. The molecular weight excluding hydrogens is 314 g/mol. The van der Waals surface area contributed by atoms with Crippen LogP contribution < -0.4 is 10.1 Å². The number of benzene rings is 2. The molecule has 0 aliphatic carbocycles. The number of nitrogens with zero attached hydrogens (tertiary/aromatic N) is 2. The number of fused-ring (bicyclic) bond motifs is 1. The van der Waals surface area contributed by atoms with Crippen LogP contribution >= 0.6 is 0 Å². The van der Waals surface area contributed by atoms with E-state index >= 15 is 0 Å². The molecule has 25 heavy (non-hydrogen) atoms. The van der Waals surface area contributed by atoms with Gasteiger partial charge in [-0.25, -0.2) is 4.98 Å². The molecule has 0 aliphatic heterocycles. The number of imidazole rings is 1. The second-order valence-corrected chi connectivity index (χ2v) is 5.46. The van der Waals surface area contributed by atoms with Crippen LogP contribution in [0, 0.1) is 0 Å². The minimum Gasteiger partial charge on any atom is -0.457 e. The number of rotatable bonds is 4. The first-order chi connectivity index (χ1) is 12.3. The number of carbonyl (C=O) groups excluding carboxylic acids is 1. The van der Waals surface area contributed by atoms with E-state index in [1.54, 1.807) is 22.9 Å². The zero-order valence-corrected chi connectivity index (χ0v) is 13.3. The van der Waals surface area contributed by atoms with Crippen LogP contribution in [-0.2, 0) is 0 Å². The van der Waals surface area contributed by atoms with Crippen LogP contribution in [0.25, 0.3) is 5.65 Å². The van der Waals surface area contributed by atoms with E-state index in [2.05, 4.69) is 10.3 Å². The molecule has 2 aromatic heterocycles. The largest absolute Gasteiger partial charge is 0.457 e. The fourth-order valence-corrected chi connectivity index (χ4v) is 2.56. The summed E-state index contributed by atoms with van der Waals surface area (Å²) in [4.78, 5) is 16.7. The fraction of sp³-hybridized carbons (Fsp3) is 0. The van der Waals surface area contributed by atoms with Gasteiger partial charge >= 0.3 is 0 Å². The van der Waals surface area contributed by atoms with E-state index in [9.17, 15) is 4.79 Å². The van der Waals surface area contributed by atoms with Gasteiger partial charge in [-0.05, 0) is 48.5 Å². The molecule has 0 unspecified atom stereocenters. The number of aromatic nitrogens is 2. The molecule has 0 saturated carbocycles. The van der Waals surface area contributed by atoms with Gasteiger partial charge in [0.2, 0.25) is 0 Å². The third-order valence-electron chi connectivity index (χ3n) is 3.75. The Morgan fingerprint density at radius 2 is 1.64 bits per heavy atom. The molecule has 5 nitrogen and oxygen atoms in total. The minimum absolute atomic E-state index is 0.194. The van der Waals surface area contributed by atoms with Gasteiger partial charge in [-0.3, -0.25) is 9.20 Å². The lowest BCUT2D eigenvalue weighted by Crippen LogP contribution is -2.15. The number of hydrogen-bond donors (Lipinski definition) is 1. The Balaban J connectivity index is 1.49. The first-order valence-electron chi connectivity index (χ1n) is 7.86. The van der Waals surface area contributed by atoms with Crippen LogP contribution in [0.3, 0.4) is 0 Å². The van der Waals surface area contributed by atoms with Crippen LogP contribution in [0.2, 0.25) is 0 Å². The standard InChI is InChI=1S/C20H15N3O2/c24-20(18-7-4-8-19-21-13-14-23(18)19)22-15-9-11-17(12-10-15)25-16-5-2-1-3-6-16/h1-14H,(H,22,24). The molecule has 0 spiro atoms. The van der Waals surface area contributed by atoms with Crippen LogP contribution in [-0.4, -0.2) is 15.3 Å². The van der Waals surface area contributed by atoms with E-state index in [0.29, 0.717) is 17.1 Å². The highest BCUT2D eigenvalue weighted by Gasteiger charge is 2.10. The van der Waals surface area contributed by atoms with E-state index in [0.717, 1.165) is 11.4 Å². The second-order valence-electron chi connectivity index (χ2n) is 5.46. The molecule has 0 saturated heterocycles. The molecule has 5 heteroatoms. The summed E-state index contributed by atoms with van der Waals surface area (Å²) in [5.74, 6) is 1.28. The highest BCUT2D eigenvalue weighted by Crippen LogP contribution is 2.23. The highest BCUT2D eigenvalue weighted by atomic mass is 16.5. The third kappa shape index (κ3) is 3.21. The van der Waals surface area contributed by atoms with Crippen molar-refractivity contribution in [2.24, 2.45) is 0 Å². The summed E-state index contributed by atoms with van der Waals surface area (Å²) in [7, 11) is 0. The van der Waals surface area contributed by atoms with Crippen molar-refractivity contribution in [3.8, 4) is 11.5 Å². The minimum atomic E-state index is -0.194. The number of pyridine rings is 1. The van der Waals surface area contributed by atoms with Crippen molar-refractivity contribution in [2.45, 2.75) is 0 Å². The average Bonchev–Trinajstić information content (AvgIpc) is 3.13. The molecule has 1 amide bonds. The van der Waals surface area contributed by atoms with Crippen molar-refractivity contribution in [1.29, 1.82) is 0 Å².